The number of aliphatic carboxylic acids is 1. The van der Waals surface area contributed by atoms with E-state index >= 15 is 0 Å². The van der Waals surface area contributed by atoms with Crippen LogP contribution in [0.3, 0.4) is 0 Å². The van der Waals surface area contributed by atoms with Gasteiger partial charge in [0.25, 0.3) is 5.52 Å². The van der Waals surface area contributed by atoms with Crippen LogP contribution in [-0.4, -0.2) is 24.2 Å². The van der Waals surface area contributed by atoms with Crippen LogP contribution in [0.4, 0.5) is 10.1 Å². The molecule has 180 valence electrons. The van der Waals surface area contributed by atoms with Crippen molar-refractivity contribution in [3.63, 3.8) is 0 Å². The zero-order valence-corrected chi connectivity index (χ0v) is 19.4. The highest BCUT2D eigenvalue weighted by molar-refractivity contribution is 5.70. The average Bonchev–Trinajstić information content (AvgIpc) is 3.17. The molecule has 0 fully saturated rings. The summed E-state index contributed by atoms with van der Waals surface area (Å²) < 4.78 is 25.6. The number of para-hydroxylation sites is 1. The summed E-state index contributed by atoms with van der Waals surface area (Å²) in [6, 6.07) is 21.6. The number of ether oxygens (including phenoxy) is 1. The summed E-state index contributed by atoms with van der Waals surface area (Å²) in [5.74, 6) is -0.906. The summed E-state index contributed by atoms with van der Waals surface area (Å²) in [6.45, 7) is 1.86. The first-order chi connectivity index (χ1) is 16.9. The number of carboxylic acids is 1. The van der Waals surface area contributed by atoms with E-state index in [2.05, 4.69) is 10.1 Å². The number of anilines is 1. The van der Waals surface area contributed by atoms with Crippen molar-refractivity contribution < 1.29 is 32.8 Å². The van der Waals surface area contributed by atoms with Gasteiger partial charge in [0.15, 0.2) is 6.54 Å². The van der Waals surface area contributed by atoms with Crippen molar-refractivity contribution in [1.82, 2.24) is 0 Å². The van der Waals surface area contributed by atoms with Crippen molar-refractivity contribution in [2.75, 3.05) is 12.4 Å². The number of benzene rings is 3. The Hall–Kier alpha value is -4.46. The van der Waals surface area contributed by atoms with Gasteiger partial charge in [0, 0.05) is 36.5 Å². The molecule has 0 amide bonds. The monoisotopic (exact) mass is 477 g/mol. The average molecular weight is 478 g/mol. The van der Waals surface area contributed by atoms with Crippen molar-refractivity contribution in [3.8, 4) is 0 Å². The van der Waals surface area contributed by atoms with Gasteiger partial charge in [-0.25, -0.2) is 4.39 Å². The van der Waals surface area contributed by atoms with Crippen LogP contribution in [0.15, 0.2) is 83.4 Å². The molecule has 0 atom stereocenters. The van der Waals surface area contributed by atoms with E-state index in [9.17, 15) is 14.0 Å². The Kier molecular flexibility index (Phi) is 8.72. The summed E-state index contributed by atoms with van der Waals surface area (Å²) in [5.41, 5.74) is 3.88. The number of carbonyl (C=O) groups is 2. The molecule has 0 saturated carbocycles. The van der Waals surface area contributed by atoms with Crippen LogP contribution in [0, 0.1) is 5.82 Å². The number of hydrogen-bond acceptors (Lipinski definition) is 5. The molecule has 1 heterocycles. The molecule has 4 rings (SSSR count). The first kappa shape index (κ1) is 25.2. The lowest BCUT2D eigenvalue weighted by Crippen LogP contribution is -2.35. The normalized spacial score (nSPS) is 10.6. The van der Waals surface area contributed by atoms with Gasteiger partial charge < -0.3 is 19.6 Å². The minimum absolute atomic E-state index is 0.0134. The first-order valence-corrected chi connectivity index (χ1v) is 10.8. The molecule has 3 aromatic carbocycles. The van der Waals surface area contributed by atoms with Gasteiger partial charge in [-0.2, -0.15) is 4.57 Å². The minimum Gasteiger partial charge on any atom is -0.481 e. The summed E-state index contributed by atoms with van der Waals surface area (Å²) >= 11 is 0. The number of esters is 1. The molecule has 0 aliphatic heterocycles. The summed E-state index contributed by atoms with van der Waals surface area (Å²) in [7, 11) is 1.35. The van der Waals surface area contributed by atoms with Crippen LogP contribution < -0.4 is 9.88 Å². The van der Waals surface area contributed by atoms with Gasteiger partial charge >= 0.3 is 17.8 Å². The number of nitrogens with zero attached hydrogens (tertiary/aromatic N) is 1. The number of rotatable bonds is 7. The molecule has 0 spiro atoms. The third-order valence-electron chi connectivity index (χ3n) is 4.95. The summed E-state index contributed by atoms with van der Waals surface area (Å²) in [4.78, 5) is 20.5. The van der Waals surface area contributed by atoms with Gasteiger partial charge in [-0.15, -0.1) is 0 Å². The van der Waals surface area contributed by atoms with Gasteiger partial charge in [-0.1, -0.05) is 42.5 Å². The molecular formula is C27H26FN2O5+. The Labute approximate surface area is 202 Å². The molecule has 0 unspecified atom stereocenters. The van der Waals surface area contributed by atoms with Gasteiger partial charge in [0.2, 0.25) is 5.58 Å². The molecular weight excluding hydrogens is 451 g/mol. The minimum atomic E-state index is -0.863. The van der Waals surface area contributed by atoms with E-state index in [1.54, 1.807) is 30.5 Å². The SMILES string of the molecule is COC(C)=O.O=C(O)Cc1ccc(C[n+]2c(/C=C/Nc3ccccc3)oc3cc(F)ccc32)cc1. The van der Waals surface area contributed by atoms with Crippen LogP contribution >= 0.6 is 0 Å². The van der Waals surface area contributed by atoms with Crippen molar-refractivity contribution in [2.24, 2.45) is 0 Å². The van der Waals surface area contributed by atoms with Gasteiger partial charge in [-0.05, 0) is 23.8 Å². The van der Waals surface area contributed by atoms with Crippen molar-refractivity contribution in [2.45, 2.75) is 19.9 Å². The predicted molar refractivity (Wildman–Crippen MR) is 130 cm³/mol. The molecule has 4 aromatic rings. The number of fused-ring (bicyclic) bond motifs is 1. The smallest absolute Gasteiger partial charge is 0.375 e. The second kappa shape index (κ2) is 12.1. The molecule has 1 aromatic heterocycles. The van der Waals surface area contributed by atoms with Crippen molar-refractivity contribution in [3.05, 3.63) is 102 Å². The number of nitrogens with one attached hydrogen (secondary N) is 1. The van der Waals surface area contributed by atoms with Gasteiger partial charge in [0.05, 0.1) is 19.6 Å². The maximum Gasteiger partial charge on any atom is 0.375 e. The number of halogens is 1. The molecule has 35 heavy (non-hydrogen) atoms. The second-order valence-electron chi connectivity index (χ2n) is 7.56. The number of oxazole rings is 1. The fourth-order valence-corrected chi connectivity index (χ4v) is 3.23. The Bertz CT molecular complexity index is 1310. The molecule has 0 bridgehead atoms. The van der Waals surface area contributed by atoms with Gasteiger partial charge in [-0.3, -0.25) is 9.59 Å². The van der Waals surface area contributed by atoms with Crippen LogP contribution in [-0.2, 0) is 27.3 Å². The van der Waals surface area contributed by atoms with E-state index in [0.29, 0.717) is 18.0 Å². The quantitative estimate of drug-likeness (QED) is 0.294. The Morgan fingerprint density at radius 3 is 2.34 bits per heavy atom. The molecule has 8 heteroatoms. The first-order valence-electron chi connectivity index (χ1n) is 10.8. The van der Waals surface area contributed by atoms with Gasteiger partial charge in [0.1, 0.15) is 5.82 Å². The maximum absolute atomic E-state index is 13.7. The van der Waals surface area contributed by atoms with E-state index in [0.717, 1.165) is 22.3 Å². The van der Waals surface area contributed by atoms with E-state index < -0.39 is 5.97 Å². The number of aromatic nitrogens is 1. The van der Waals surface area contributed by atoms with Crippen molar-refractivity contribution in [1.29, 1.82) is 0 Å². The molecule has 7 nitrogen and oxygen atoms in total. The highest BCUT2D eigenvalue weighted by Crippen LogP contribution is 2.18. The molecule has 0 saturated heterocycles. The molecule has 0 aliphatic rings. The largest absolute Gasteiger partial charge is 0.481 e. The lowest BCUT2D eigenvalue weighted by atomic mass is 10.1. The standard InChI is InChI=1S/C24H19FN2O3.C3H6O2/c25-19-10-11-21-22(15-19)30-23(12-13-26-20-4-2-1-3-5-20)27(21)16-18-8-6-17(7-9-18)14-24(28)29;1-3(4)5-2/h1-13,15H,14,16H2,(H,28,29);1-2H3/p+1. The fourth-order valence-electron chi connectivity index (χ4n) is 3.23. The number of hydrogen-bond donors (Lipinski definition) is 2. The summed E-state index contributed by atoms with van der Waals surface area (Å²) in [6.07, 6.45) is 3.56. The van der Waals surface area contributed by atoms with Crippen molar-refractivity contribution >= 4 is 34.8 Å². The lowest BCUT2D eigenvalue weighted by Gasteiger charge is -2.01. The van der Waals surface area contributed by atoms with Crippen LogP contribution in [0.2, 0.25) is 0 Å². The zero-order valence-electron chi connectivity index (χ0n) is 19.4. The molecule has 0 radical (unpaired) electrons. The third kappa shape index (κ3) is 7.53. The van der Waals surface area contributed by atoms with Crippen LogP contribution in [0.1, 0.15) is 23.9 Å². The highest BCUT2D eigenvalue weighted by Gasteiger charge is 2.21. The van der Waals surface area contributed by atoms with E-state index in [1.807, 2.05) is 47.0 Å². The number of carboxylic acid groups (broad SMARTS) is 1. The van der Waals surface area contributed by atoms with E-state index in [4.69, 9.17) is 9.52 Å². The van der Waals surface area contributed by atoms with Crippen LogP contribution in [0.25, 0.3) is 17.2 Å². The van der Waals surface area contributed by atoms with Crippen LogP contribution in [0.5, 0.6) is 0 Å². The Morgan fingerprint density at radius 1 is 1.06 bits per heavy atom. The van der Waals surface area contributed by atoms with E-state index in [-0.39, 0.29) is 18.2 Å². The zero-order chi connectivity index (χ0) is 25.2. The Balaban J connectivity index is 0.000000623. The second-order valence-corrected chi connectivity index (χ2v) is 7.56. The Morgan fingerprint density at radius 2 is 1.71 bits per heavy atom. The topological polar surface area (TPSA) is 92.7 Å². The highest BCUT2D eigenvalue weighted by atomic mass is 19.1. The summed E-state index contributed by atoms with van der Waals surface area (Å²) in [5, 5.41) is 12.1. The molecule has 0 aliphatic carbocycles. The number of carbonyl (C=O) groups excluding carboxylic acids is 1. The predicted octanol–water partition coefficient (Wildman–Crippen LogP) is 4.80. The lowest BCUT2D eigenvalue weighted by molar-refractivity contribution is -0.669. The fraction of sp³-hybridized carbons (Fsp3) is 0.148. The van der Waals surface area contributed by atoms with E-state index in [1.165, 1.54) is 26.2 Å². The molecule has 2 N–H and O–H groups in total. The number of methoxy groups -OCH3 is 1. The maximum atomic E-state index is 13.7. The third-order valence-corrected chi connectivity index (χ3v) is 4.95.